The number of benzene rings is 11. The van der Waals surface area contributed by atoms with Crippen LogP contribution in [-0.4, -0.2) is 0 Å². The predicted octanol–water partition coefficient (Wildman–Crippen LogP) is 20.2. The van der Waals surface area contributed by atoms with Crippen molar-refractivity contribution in [3.63, 3.8) is 0 Å². The molecule has 0 atom stereocenters. The Balaban J connectivity index is 1.17. The molecule has 350 valence electrons. The van der Waals surface area contributed by atoms with Gasteiger partial charge in [0.05, 0.1) is 0 Å². The summed E-state index contributed by atoms with van der Waals surface area (Å²) in [6.07, 6.45) is 0. The molecule has 0 amide bonds. The molecule has 0 aliphatic carbocycles. The Morgan fingerprint density at radius 1 is 0.222 bits per heavy atom. The third kappa shape index (κ3) is 9.09. The Morgan fingerprint density at radius 2 is 0.514 bits per heavy atom. The first-order valence-electron chi connectivity index (χ1n) is 25.2. The quantitative estimate of drug-likeness (QED) is 0.126. The molecule has 0 unspecified atom stereocenters. The fourth-order valence-corrected chi connectivity index (χ4v) is 10.3. The van der Waals surface area contributed by atoms with E-state index in [2.05, 4.69) is 306 Å². The third-order valence-electron chi connectivity index (χ3n) is 14.1. The maximum absolute atomic E-state index is 2.43. The van der Waals surface area contributed by atoms with Crippen LogP contribution in [0.25, 0.3) is 66.1 Å². The van der Waals surface area contributed by atoms with E-state index < -0.39 is 0 Å². The number of hydrogen-bond acceptors (Lipinski definition) is 2. The molecule has 0 aliphatic heterocycles. The van der Waals surface area contributed by atoms with E-state index in [1.807, 2.05) is 0 Å². The standard InChI is InChI=1S/C70H60N2/c1-69(2,3)55-33-37-57(38-34-55)71(59-31-19-29-53(45-59)49-21-11-7-12-22-49)61-41-43-63-65(47-61)67(51-25-15-9-16-26-51)64-44-42-62(48-66(64)68(63)52-27-17-10-18-28-52)72(58-39-35-56(36-40-58)70(4,5)6)60-32-20-30-54(46-60)50-23-13-8-14-24-50/h7-48H,1-6H3. The summed E-state index contributed by atoms with van der Waals surface area (Å²) in [5.74, 6) is 0. The van der Waals surface area contributed by atoms with E-state index in [1.54, 1.807) is 0 Å². The lowest BCUT2D eigenvalue weighted by molar-refractivity contribution is 0.590. The summed E-state index contributed by atoms with van der Waals surface area (Å²) in [4.78, 5) is 4.85. The van der Waals surface area contributed by atoms with Gasteiger partial charge in [-0.3, -0.25) is 0 Å². The summed E-state index contributed by atoms with van der Waals surface area (Å²) in [7, 11) is 0. The fourth-order valence-electron chi connectivity index (χ4n) is 10.3. The molecule has 0 saturated carbocycles. The van der Waals surface area contributed by atoms with Gasteiger partial charge in [-0.05, 0) is 161 Å². The summed E-state index contributed by atoms with van der Waals surface area (Å²) in [5.41, 5.74) is 18.7. The van der Waals surface area contributed by atoms with Crippen LogP contribution in [0.5, 0.6) is 0 Å². The predicted molar refractivity (Wildman–Crippen MR) is 310 cm³/mol. The summed E-state index contributed by atoms with van der Waals surface area (Å²) >= 11 is 0. The van der Waals surface area contributed by atoms with E-state index in [1.165, 1.54) is 77.2 Å². The van der Waals surface area contributed by atoms with E-state index in [4.69, 9.17) is 0 Å². The minimum Gasteiger partial charge on any atom is -0.310 e. The molecule has 2 nitrogen and oxygen atoms in total. The van der Waals surface area contributed by atoms with Crippen molar-refractivity contribution in [2.24, 2.45) is 0 Å². The first kappa shape index (κ1) is 46.0. The van der Waals surface area contributed by atoms with Crippen molar-refractivity contribution in [2.75, 3.05) is 9.80 Å². The molecule has 2 heteroatoms. The summed E-state index contributed by atoms with van der Waals surface area (Å²) in [5, 5.41) is 4.78. The van der Waals surface area contributed by atoms with Crippen LogP contribution in [0.4, 0.5) is 34.1 Å². The van der Waals surface area contributed by atoms with E-state index >= 15 is 0 Å². The molecule has 0 fully saturated rings. The van der Waals surface area contributed by atoms with Crippen molar-refractivity contribution >= 4 is 55.7 Å². The zero-order valence-corrected chi connectivity index (χ0v) is 42.1. The van der Waals surface area contributed by atoms with E-state index in [0.717, 1.165) is 34.1 Å². The van der Waals surface area contributed by atoms with Crippen LogP contribution in [0.2, 0.25) is 0 Å². The first-order valence-corrected chi connectivity index (χ1v) is 25.2. The molecule has 0 saturated heterocycles. The van der Waals surface area contributed by atoms with Crippen molar-refractivity contribution < 1.29 is 0 Å². The maximum atomic E-state index is 2.43. The smallest absolute Gasteiger partial charge is 0.0468 e. The Kier molecular flexibility index (Phi) is 12.2. The van der Waals surface area contributed by atoms with Gasteiger partial charge in [0.25, 0.3) is 0 Å². The highest BCUT2D eigenvalue weighted by Gasteiger charge is 2.24. The molecule has 0 radical (unpaired) electrons. The van der Waals surface area contributed by atoms with Crippen molar-refractivity contribution in [1.82, 2.24) is 0 Å². The Morgan fingerprint density at radius 3 is 0.847 bits per heavy atom. The van der Waals surface area contributed by atoms with Crippen LogP contribution in [0.1, 0.15) is 52.7 Å². The van der Waals surface area contributed by atoms with Crippen molar-refractivity contribution in [3.05, 3.63) is 266 Å². The van der Waals surface area contributed by atoms with Gasteiger partial charge in [-0.15, -0.1) is 0 Å². The van der Waals surface area contributed by atoms with Gasteiger partial charge >= 0.3 is 0 Å². The van der Waals surface area contributed by atoms with Gasteiger partial charge in [0.2, 0.25) is 0 Å². The van der Waals surface area contributed by atoms with Gasteiger partial charge in [0.1, 0.15) is 0 Å². The van der Waals surface area contributed by atoms with E-state index in [0.29, 0.717) is 0 Å². The molecule has 0 aliphatic rings. The van der Waals surface area contributed by atoms with Crippen LogP contribution in [0.15, 0.2) is 255 Å². The van der Waals surface area contributed by atoms with Crippen LogP contribution in [-0.2, 0) is 10.8 Å². The number of hydrogen-bond donors (Lipinski definition) is 0. The monoisotopic (exact) mass is 928 g/mol. The Labute approximate surface area is 426 Å². The number of anilines is 6. The lowest BCUT2D eigenvalue weighted by Crippen LogP contribution is -2.13. The van der Waals surface area contributed by atoms with E-state index in [9.17, 15) is 0 Å². The van der Waals surface area contributed by atoms with Gasteiger partial charge < -0.3 is 9.80 Å². The molecule has 72 heavy (non-hydrogen) atoms. The van der Waals surface area contributed by atoms with Crippen molar-refractivity contribution in [2.45, 2.75) is 52.4 Å². The summed E-state index contributed by atoms with van der Waals surface area (Å²) in [6, 6.07) is 93.8. The third-order valence-corrected chi connectivity index (χ3v) is 14.1. The minimum atomic E-state index is 0.0268. The maximum Gasteiger partial charge on any atom is 0.0468 e. The van der Waals surface area contributed by atoms with Crippen molar-refractivity contribution in [3.8, 4) is 44.5 Å². The highest BCUT2D eigenvalue weighted by Crippen LogP contribution is 2.49. The van der Waals surface area contributed by atoms with Gasteiger partial charge in [-0.2, -0.15) is 0 Å². The Hall–Kier alpha value is -8.46. The van der Waals surface area contributed by atoms with Gasteiger partial charge in [0.15, 0.2) is 0 Å². The fraction of sp³-hybridized carbons (Fsp3) is 0.114. The second-order valence-corrected chi connectivity index (χ2v) is 21.0. The molecule has 0 N–H and O–H groups in total. The summed E-state index contributed by atoms with van der Waals surface area (Å²) < 4.78 is 0. The highest BCUT2D eigenvalue weighted by molar-refractivity contribution is 6.22. The van der Waals surface area contributed by atoms with Gasteiger partial charge in [-0.1, -0.05) is 224 Å². The molecule has 0 bridgehead atoms. The van der Waals surface area contributed by atoms with Crippen LogP contribution in [0.3, 0.4) is 0 Å². The molecular weight excluding hydrogens is 869 g/mol. The van der Waals surface area contributed by atoms with Crippen molar-refractivity contribution in [1.29, 1.82) is 0 Å². The molecule has 0 heterocycles. The second kappa shape index (κ2) is 19.0. The zero-order chi connectivity index (χ0) is 49.4. The average molecular weight is 929 g/mol. The lowest BCUT2D eigenvalue weighted by Gasteiger charge is -2.29. The molecule has 11 aromatic rings. The average Bonchev–Trinajstić information content (AvgIpc) is 3.41. The molecular formula is C70H60N2. The number of nitrogens with zero attached hydrogens (tertiary/aromatic N) is 2. The molecule has 11 rings (SSSR count). The zero-order valence-electron chi connectivity index (χ0n) is 42.1. The molecule has 11 aromatic carbocycles. The van der Waals surface area contributed by atoms with Crippen LogP contribution in [0, 0.1) is 0 Å². The first-order chi connectivity index (χ1) is 35.0. The normalized spacial score (nSPS) is 11.8. The lowest BCUT2D eigenvalue weighted by atomic mass is 9.85. The number of rotatable bonds is 10. The minimum absolute atomic E-state index is 0.0268. The largest absolute Gasteiger partial charge is 0.310 e. The number of fused-ring (bicyclic) bond motifs is 2. The van der Waals surface area contributed by atoms with E-state index in [-0.39, 0.29) is 10.8 Å². The SMILES string of the molecule is CC(C)(C)c1ccc(N(c2cccc(-c3ccccc3)c2)c2ccc3c(-c4ccccc4)c4cc(N(c5ccc(C(C)(C)C)cc5)c5cccc(-c6ccccc6)c5)ccc4c(-c4ccccc4)c3c2)cc1. The molecule has 0 spiro atoms. The van der Waals surface area contributed by atoms with Gasteiger partial charge in [-0.25, -0.2) is 0 Å². The van der Waals surface area contributed by atoms with Crippen LogP contribution >= 0.6 is 0 Å². The van der Waals surface area contributed by atoms with Crippen LogP contribution < -0.4 is 9.80 Å². The topological polar surface area (TPSA) is 6.48 Å². The molecule has 0 aromatic heterocycles. The Bertz CT molecular complexity index is 3410. The summed E-state index contributed by atoms with van der Waals surface area (Å²) in [6.45, 7) is 13.7. The highest BCUT2D eigenvalue weighted by atomic mass is 15.1. The van der Waals surface area contributed by atoms with Gasteiger partial charge in [0, 0.05) is 34.1 Å². The second-order valence-electron chi connectivity index (χ2n) is 21.0.